The molecule has 1 heterocycles. The van der Waals surface area contributed by atoms with E-state index in [-0.39, 0.29) is 46.6 Å². The van der Waals surface area contributed by atoms with Crippen molar-refractivity contribution in [3.63, 3.8) is 0 Å². The van der Waals surface area contributed by atoms with Crippen LogP contribution in [0.3, 0.4) is 0 Å². The number of benzene rings is 1. The number of phenols is 2. The minimum Gasteiger partial charge on any atom is -0.507 e. The standard InChI is InChI=1S/C24H34ClNO5/c1-4-5-13-30-26-17-11-9-7-6-8-10-12-21(16(2)3)31-24(29)22-18(14-17)23(25)20(28)15-19(22)27/h8-11,15-17,21,26-28H,4-7,12-14H2,1-3H3/b10-8+,11-9+/t17?,21-/m0/s1. The Morgan fingerprint density at radius 2 is 1.97 bits per heavy atom. The Bertz CT molecular complexity index is 791. The van der Waals surface area contributed by atoms with E-state index in [1.165, 1.54) is 0 Å². The summed E-state index contributed by atoms with van der Waals surface area (Å²) >= 11 is 6.37. The SMILES string of the molecule is CCCCONC1/C=C/CC/C=C/C[C@@H](C(C)C)OC(=O)c2c(O)cc(O)c(Cl)c2C1. The van der Waals surface area contributed by atoms with Crippen LogP contribution < -0.4 is 5.48 Å². The highest BCUT2D eigenvalue weighted by Gasteiger charge is 2.28. The van der Waals surface area contributed by atoms with Crippen molar-refractivity contribution in [3.8, 4) is 11.5 Å². The van der Waals surface area contributed by atoms with Crippen molar-refractivity contribution >= 4 is 17.6 Å². The molecule has 2 rings (SSSR count). The number of carbonyl (C=O) groups excluding carboxylic acids is 1. The van der Waals surface area contributed by atoms with Gasteiger partial charge >= 0.3 is 5.97 Å². The number of cyclic esters (lactones) is 1. The Kier molecular flexibility index (Phi) is 10.4. The van der Waals surface area contributed by atoms with E-state index in [1.807, 2.05) is 32.1 Å². The van der Waals surface area contributed by atoms with Crippen LogP contribution in [0, 0.1) is 5.92 Å². The number of hydrogen-bond donors (Lipinski definition) is 3. The van der Waals surface area contributed by atoms with Crippen molar-refractivity contribution in [1.29, 1.82) is 0 Å². The Morgan fingerprint density at radius 1 is 1.23 bits per heavy atom. The van der Waals surface area contributed by atoms with Crippen LogP contribution in [0.2, 0.25) is 5.02 Å². The Labute approximate surface area is 189 Å². The van der Waals surface area contributed by atoms with Crippen molar-refractivity contribution < 1.29 is 24.6 Å². The average Bonchev–Trinajstić information content (AvgIpc) is 2.72. The fourth-order valence-electron chi connectivity index (χ4n) is 3.31. The van der Waals surface area contributed by atoms with Gasteiger partial charge in [-0.05, 0) is 37.2 Å². The fraction of sp³-hybridized carbons (Fsp3) is 0.542. The smallest absolute Gasteiger partial charge is 0.342 e. The number of nitrogens with one attached hydrogen (secondary N) is 1. The number of hydroxylamine groups is 1. The van der Waals surface area contributed by atoms with Gasteiger partial charge in [-0.15, -0.1) is 0 Å². The molecule has 31 heavy (non-hydrogen) atoms. The van der Waals surface area contributed by atoms with E-state index in [4.69, 9.17) is 21.2 Å². The second-order valence-corrected chi connectivity index (χ2v) is 8.49. The summed E-state index contributed by atoms with van der Waals surface area (Å²) in [4.78, 5) is 18.6. The molecule has 1 unspecified atom stereocenters. The second-order valence-electron chi connectivity index (χ2n) is 8.11. The lowest BCUT2D eigenvalue weighted by Gasteiger charge is -2.23. The molecular weight excluding hydrogens is 418 g/mol. The average molecular weight is 452 g/mol. The van der Waals surface area contributed by atoms with Crippen LogP contribution in [0.25, 0.3) is 0 Å². The highest BCUT2D eigenvalue weighted by Crippen LogP contribution is 2.38. The number of halogens is 1. The summed E-state index contributed by atoms with van der Waals surface area (Å²) in [6.07, 6.45) is 12.2. The zero-order chi connectivity index (χ0) is 22.8. The molecule has 1 aromatic carbocycles. The van der Waals surface area contributed by atoms with Gasteiger partial charge in [0.2, 0.25) is 0 Å². The van der Waals surface area contributed by atoms with Gasteiger partial charge in [0.25, 0.3) is 0 Å². The minimum absolute atomic E-state index is 0.0200. The highest BCUT2D eigenvalue weighted by molar-refractivity contribution is 6.33. The van der Waals surface area contributed by atoms with Gasteiger partial charge in [-0.1, -0.05) is 63.1 Å². The molecule has 0 saturated carbocycles. The summed E-state index contributed by atoms with van der Waals surface area (Å²) in [6.45, 7) is 6.59. The maximum Gasteiger partial charge on any atom is 0.342 e. The lowest BCUT2D eigenvalue weighted by atomic mass is 9.97. The van der Waals surface area contributed by atoms with E-state index in [2.05, 4.69) is 18.5 Å². The number of fused-ring (bicyclic) bond motifs is 1. The number of aromatic hydroxyl groups is 2. The second kappa shape index (κ2) is 12.7. The largest absolute Gasteiger partial charge is 0.507 e. The van der Waals surface area contributed by atoms with Gasteiger partial charge in [0.15, 0.2) is 0 Å². The van der Waals surface area contributed by atoms with E-state index in [1.54, 1.807) is 0 Å². The minimum atomic E-state index is -0.659. The summed E-state index contributed by atoms with van der Waals surface area (Å²) in [5.74, 6) is -1.21. The number of rotatable bonds is 6. The molecule has 3 N–H and O–H groups in total. The van der Waals surface area contributed by atoms with Crippen LogP contribution >= 0.6 is 11.6 Å². The van der Waals surface area contributed by atoms with Gasteiger partial charge in [0.1, 0.15) is 23.2 Å². The van der Waals surface area contributed by atoms with Crippen LogP contribution in [0.1, 0.15) is 68.8 Å². The Balaban J connectivity index is 2.43. The quantitative estimate of drug-likeness (QED) is 0.230. The molecule has 0 bridgehead atoms. The third-order valence-electron chi connectivity index (χ3n) is 5.19. The summed E-state index contributed by atoms with van der Waals surface area (Å²) in [7, 11) is 0. The third kappa shape index (κ3) is 7.56. The Hall–Kier alpha value is -2.02. The molecule has 0 fully saturated rings. The van der Waals surface area contributed by atoms with Crippen molar-refractivity contribution in [1.82, 2.24) is 5.48 Å². The van der Waals surface area contributed by atoms with E-state index in [0.717, 1.165) is 31.7 Å². The first-order chi connectivity index (χ1) is 14.8. The van der Waals surface area contributed by atoms with E-state index in [0.29, 0.717) is 18.6 Å². The Morgan fingerprint density at radius 3 is 2.68 bits per heavy atom. The van der Waals surface area contributed by atoms with Gasteiger partial charge in [0.05, 0.1) is 17.7 Å². The van der Waals surface area contributed by atoms with Crippen LogP contribution in [0.4, 0.5) is 0 Å². The fourth-order valence-corrected chi connectivity index (χ4v) is 3.53. The van der Waals surface area contributed by atoms with Gasteiger partial charge in [-0.2, -0.15) is 5.48 Å². The van der Waals surface area contributed by atoms with Gasteiger partial charge < -0.3 is 19.8 Å². The summed E-state index contributed by atoms with van der Waals surface area (Å²) in [6, 6.07) is 0.765. The molecule has 7 heteroatoms. The first-order valence-electron chi connectivity index (χ1n) is 11.0. The van der Waals surface area contributed by atoms with Crippen LogP contribution in [0.5, 0.6) is 11.5 Å². The maximum atomic E-state index is 13.1. The van der Waals surface area contributed by atoms with Crippen LogP contribution in [-0.4, -0.2) is 34.9 Å². The van der Waals surface area contributed by atoms with Crippen LogP contribution in [-0.2, 0) is 16.0 Å². The monoisotopic (exact) mass is 451 g/mol. The number of ether oxygens (including phenoxy) is 1. The first-order valence-corrected chi connectivity index (χ1v) is 11.4. The van der Waals surface area contributed by atoms with E-state index < -0.39 is 5.97 Å². The third-order valence-corrected chi connectivity index (χ3v) is 5.61. The molecule has 1 aliphatic rings. The van der Waals surface area contributed by atoms with E-state index in [9.17, 15) is 15.0 Å². The number of esters is 1. The van der Waals surface area contributed by atoms with Crippen LogP contribution in [0.15, 0.2) is 30.4 Å². The zero-order valence-electron chi connectivity index (χ0n) is 18.6. The normalized spacial score (nSPS) is 22.4. The van der Waals surface area contributed by atoms with Gasteiger partial charge in [-0.25, -0.2) is 4.79 Å². The lowest BCUT2D eigenvalue weighted by Crippen LogP contribution is -2.31. The molecule has 0 amide bonds. The van der Waals surface area contributed by atoms with Crippen molar-refractivity contribution in [2.24, 2.45) is 5.92 Å². The number of allylic oxidation sites excluding steroid dienone is 2. The molecule has 6 nitrogen and oxygen atoms in total. The predicted molar refractivity (Wildman–Crippen MR) is 122 cm³/mol. The molecule has 0 spiro atoms. The number of unbranched alkanes of at least 4 members (excludes halogenated alkanes) is 1. The summed E-state index contributed by atoms with van der Waals surface area (Å²) in [5.41, 5.74) is 3.30. The molecule has 172 valence electrons. The number of phenolic OH excluding ortho intramolecular Hbond substituents is 2. The van der Waals surface area contributed by atoms with E-state index >= 15 is 0 Å². The number of hydrogen-bond acceptors (Lipinski definition) is 6. The lowest BCUT2D eigenvalue weighted by molar-refractivity contribution is 0.0181. The molecule has 1 aliphatic heterocycles. The molecule has 0 aliphatic carbocycles. The zero-order valence-corrected chi connectivity index (χ0v) is 19.3. The predicted octanol–water partition coefficient (Wildman–Crippen LogP) is 5.46. The molecule has 0 saturated heterocycles. The molecule has 0 aromatic heterocycles. The van der Waals surface area contributed by atoms with Crippen molar-refractivity contribution in [3.05, 3.63) is 46.5 Å². The maximum absolute atomic E-state index is 13.1. The highest BCUT2D eigenvalue weighted by atomic mass is 35.5. The molecular formula is C24H34ClNO5. The molecule has 0 radical (unpaired) electrons. The summed E-state index contributed by atoms with van der Waals surface area (Å²) < 4.78 is 5.75. The first kappa shape index (κ1) is 25.2. The van der Waals surface area contributed by atoms with Gasteiger partial charge in [-0.3, -0.25) is 0 Å². The van der Waals surface area contributed by atoms with Crippen molar-refractivity contribution in [2.45, 2.75) is 71.4 Å². The topological polar surface area (TPSA) is 88.0 Å². The van der Waals surface area contributed by atoms with Gasteiger partial charge in [0, 0.05) is 12.5 Å². The molecule has 2 atom stereocenters. The summed E-state index contributed by atoms with van der Waals surface area (Å²) in [5, 5.41) is 20.7. The van der Waals surface area contributed by atoms with Crippen molar-refractivity contribution in [2.75, 3.05) is 6.61 Å². The molecule has 1 aromatic rings. The number of carbonyl (C=O) groups is 1.